The van der Waals surface area contributed by atoms with Gasteiger partial charge in [0.25, 0.3) is 0 Å². The number of rotatable bonds is 6. The Kier molecular flexibility index (Phi) is 5.63. The van der Waals surface area contributed by atoms with E-state index >= 15 is 0 Å². The van der Waals surface area contributed by atoms with Crippen molar-refractivity contribution in [3.05, 3.63) is 0 Å². The third kappa shape index (κ3) is 6.17. The Morgan fingerprint density at radius 2 is 1.89 bits per heavy atom. The Hall–Kier alpha value is -0.120. The van der Waals surface area contributed by atoms with Gasteiger partial charge >= 0.3 is 0 Å². The molecule has 0 spiro atoms. The molecule has 1 aliphatic heterocycles. The topological polar surface area (TPSA) is 24.5 Å². The van der Waals surface area contributed by atoms with E-state index in [1.807, 2.05) is 0 Å². The molecule has 0 amide bonds. The van der Waals surface area contributed by atoms with E-state index in [1.165, 1.54) is 19.5 Å². The number of hydrogen-bond acceptors (Lipinski definition) is 3. The molecule has 1 unspecified atom stereocenters. The first kappa shape index (κ1) is 15.9. The van der Waals surface area contributed by atoms with E-state index in [0.29, 0.717) is 0 Å². The van der Waals surface area contributed by atoms with E-state index in [-0.39, 0.29) is 11.1 Å². The second-order valence-electron chi connectivity index (χ2n) is 7.21. The van der Waals surface area contributed by atoms with Crippen molar-refractivity contribution in [1.29, 1.82) is 0 Å². The first-order valence-electron chi connectivity index (χ1n) is 7.33. The highest BCUT2D eigenvalue weighted by Gasteiger charge is 2.28. The summed E-state index contributed by atoms with van der Waals surface area (Å²) in [5.74, 6) is 0.793. The fourth-order valence-corrected chi connectivity index (χ4v) is 2.65. The average Bonchev–Trinajstić information content (AvgIpc) is 2.60. The molecule has 108 valence electrons. The summed E-state index contributed by atoms with van der Waals surface area (Å²) in [5, 5.41) is 3.61. The van der Waals surface area contributed by atoms with Crippen LogP contribution in [0.5, 0.6) is 0 Å². The SMILES string of the molecule is CCOC(C)(C)CN1CCC(CNC(C)(C)C)C1. The Labute approximate surface area is 113 Å². The Morgan fingerprint density at radius 1 is 1.22 bits per heavy atom. The van der Waals surface area contributed by atoms with E-state index in [0.717, 1.165) is 25.6 Å². The lowest BCUT2D eigenvalue weighted by molar-refractivity contribution is -0.0307. The van der Waals surface area contributed by atoms with E-state index in [2.05, 4.69) is 51.8 Å². The van der Waals surface area contributed by atoms with E-state index in [1.54, 1.807) is 0 Å². The van der Waals surface area contributed by atoms with Crippen molar-refractivity contribution in [2.45, 2.75) is 59.1 Å². The van der Waals surface area contributed by atoms with Crippen LogP contribution in [0.15, 0.2) is 0 Å². The Balaban J connectivity index is 2.29. The van der Waals surface area contributed by atoms with E-state index < -0.39 is 0 Å². The largest absolute Gasteiger partial charge is 0.375 e. The van der Waals surface area contributed by atoms with Crippen molar-refractivity contribution in [3.8, 4) is 0 Å². The summed E-state index contributed by atoms with van der Waals surface area (Å²) < 4.78 is 5.78. The predicted octanol–water partition coefficient (Wildman–Crippen LogP) is 2.51. The maximum Gasteiger partial charge on any atom is 0.0752 e. The number of ether oxygens (including phenoxy) is 1. The number of nitrogens with zero attached hydrogens (tertiary/aromatic N) is 1. The van der Waals surface area contributed by atoms with Gasteiger partial charge in [-0.15, -0.1) is 0 Å². The molecule has 1 heterocycles. The Bertz CT molecular complexity index is 245. The minimum atomic E-state index is -0.0128. The third-order valence-corrected chi connectivity index (χ3v) is 3.43. The van der Waals surface area contributed by atoms with Crippen LogP contribution in [0.1, 0.15) is 48.0 Å². The maximum atomic E-state index is 5.78. The van der Waals surface area contributed by atoms with Crippen LogP contribution < -0.4 is 5.32 Å². The lowest BCUT2D eigenvalue weighted by Crippen LogP contribution is -2.42. The van der Waals surface area contributed by atoms with Crippen molar-refractivity contribution in [1.82, 2.24) is 10.2 Å². The average molecular weight is 256 g/mol. The lowest BCUT2D eigenvalue weighted by Gasteiger charge is -2.30. The first-order valence-corrected chi connectivity index (χ1v) is 7.33. The van der Waals surface area contributed by atoms with Gasteiger partial charge in [-0.2, -0.15) is 0 Å². The van der Waals surface area contributed by atoms with Crippen LogP contribution in [-0.4, -0.2) is 48.8 Å². The van der Waals surface area contributed by atoms with Crippen molar-refractivity contribution in [2.24, 2.45) is 5.92 Å². The van der Waals surface area contributed by atoms with E-state index in [9.17, 15) is 0 Å². The van der Waals surface area contributed by atoms with Crippen molar-refractivity contribution in [2.75, 3.05) is 32.8 Å². The van der Waals surface area contributed by atoms with Crippen LogP contribution in [0.2, 0.25) is 0 Å². The summed E-state index contributed by atoms with van der Waals surface area (Å²) in [4.78, 5) is 2.55. The first-order chi connectivity index (χ1) is 8.22. The van der Waals surface area contributed by atoms with Crippen LogP contribution in [0.3, 0.4) is 0 Å². The quantitative estimate of drug-likeness (QED) is 0.790. The fourth-order valence-electron chi connectivity index (χ4n) is 2.65. The summed E-state index contributed by atoms with van der Waals surface area (Å²) >= 11 is 0. The number of hydrogen-bond donors (Lipinski definition) is 1. The molecule has 0 aromatic rings. The second-order valence-corrected chi connectivity index (χ2v) is 7.21. The highest BCUT2D eigenvalue weighted by atomic mass is 16.5. The zero-order valence-corrected chi connectivity index (χ0v) is 13.2. The standard InChI is InChI=1S/C15H32N2O/c1-7-18-15(5,6)12-17-9-8-13(11-17)10-16-14(2,3)4/h13,16H,7-12H2,1-6H3. The van der Waals surface area contributed by atoms with Gasteiger partial charge in [0.05, 0.1) is 5.60 Å². The zero-order valence-electron chi connectivity index (χ0n) is 13.2. The molecule has 0 radical (unpaired) electrons. The highest BCUT2D eigenvalue weighted by Crippen LogP contribution is 2.20. The van der Waals surface area contributed by atoms with Crippen LogP contribution in [0, 0.1) is 5.92 Å². The van der Waals surface area contributed by atoms with Gasteiger partial charge in [0.2, 0.25) is 0 Å². The molecular formula is C15H32N2O. The molecule has 3 nitrogen and oxygen atoms in total. The second kappa shape index (κ2) is 6.36. The van der Waals surface area contributed by atoms with Gasteiger partial charge in [0.1, 0.15) is 0 Å². The van der Waals surface area contributed by atoms with Crippen molar-refractivity contribution < 1.29 is 4.74 Å². The van der Waals surface area contributed by atoms with Gasteiger partial charge in [-0.05, 0) is 67.0 Å². The molecule has 18 heavy (non-hydrogen) atoms. The molecule has 1 aliphatic rings. The van der Waals surface area contributed by atoms with Gasteiger partial charge < -0.3 is 15.0 Å². The van der Waals surface area contributed by atoms with Crippen molar-refractivity contribution in [3.63, 3.8) is 0 Å². The third-order valence-electron chi connectivity index (χ3n) is 3.43. The normalized spacial score (nSPS) is 22.7. The molecule has 3 heteroatoms. The summed E-state index contributed by atoms with van der Waals surface area (Å²) in [6, 6.07) is 0. The van der Waals surface area contributed by atoms with Gasteiger partial charge in [0.15, 0.2) is 0 Å². The molecule has 0 aliphatic carbocycles. The summed E-state index contributed by atoms with van der Waals surface area (Å²) in [6.07, 6.45) is 1.31. The molecule has 1 saturated heterocycles. The van der Waals surface area contributed by atoms with Crippen molar-refractivity contribution >= 4 is 0 Å². The summed E-state index contributed by atoms with van der Waals surface area (Å²) in [6.45, 7) is 18.6. The maximum absolute atomic E-state index is 5.78. The van der Waals surface area contributed by atoms with Gasteiger partial charge in [0, 0.05) is 25.2 Å². The van der Waals surface area contributed by atoms with Crippen LogP contribution >= 0.6 is 0 Å². The van der Waals surface area contributed by atoms with Crippen LogP contribution in [0.25, 0.3) is 0 Å². The highest BCUT2D eigenvalue weighted by molar-refractivity contribution is 4.84. The van der Waals surface area contributed by atoms with Gasteiger partial charge in [-0.1, -0.05) is 0 Å². The Morgan fingerprint density at radius 3 is 2.44 bits per heavy atom. The number of likely N-dealkylation sites (tertiary alicyclic amines) is 1. The van der Waals surface area contributed by atoms with Gasteiger partial charge in [-0.3, -0.25) is 0 Å². The minimum Gasteiger partial charge on any atom is -0.375 e. The van der Waals surface area contributed by atoms with Crippen LogP contribution in [-0.2, 0) is 4.74 Å². The number of nitrogens with one attached hydrogen (secondary N) is 1. The summed E-state index contributed by atoms with van der Waals surface area (Å²) in [7, 11) is 0. The smallest absolute Gasteiger partial charge is 0.0752 e. The molecule has 1 atom stereocenters. The summed E-state index contributed by atoms with van der Waals surface area (Å²) in [5.41, 5.74) is 0.221. The molecule has 1 N–H and O–H groups in total. The molecule has 1 fully saturated rings. The molecule has 1 rings (SSSR count). The predicted molar refractivity (Wildman–Crippen MR) is 78.0 cm³/mol. The molecule has 0 aromatic heterocycles. The lowest BCUT2D eigenvalue weighted by atomic mass is 10.1. The molecule has 0 aromatic carbocycles. The minimum absolute atomic E-state index is 0.0128. The monoisotopic (exact) mass is 256 g/mol. The molecule has 0 saturated carbocycles. The zero-order chi connectivity index (χ0) is 13.8. The molecule has 0 bridgehead atoms. The van der Waals surface area contributed by atoms with Crippen LogP contribution in [0.4, 0.5) is 0 Å². The fraction of sp³-hybridized carbons (Fsp3) is 1.00. The molecular weight excluding hydrogens is 224 g/mol. The van der Waals surface area contributed by atoms with E-state index in [4.69, 9.17) is 4.74 Å². The van der Waals surface area contributed by atoms with Gasteiger partial charge in [-0.25, -0.2) is 0 Å².